The van der Waals surface area contributed by atoms with Crippen LogP contribution in [0.3, 0.4) is 0 Å². The third kappa shape index (κ3) is 6.09. The van der Waals surface area contributed by atoms with Gasteiger partial charge in [-0.15, -0.1) is 5.10 Å². The zero-order valence-corrected chi connectivity index (χ0v) is 22.2. The molecule has 0 fully saturated rings. The van der Waals surface area contributed by atoms with Gasteiger partial charge < -0.3 is 29.6 Å². The molecule has 0 saturated carbocycles. The van der Waals surface area contributed by atoms with Crippen LogP contribution in [0, 0.1) is 0 Å². The predicted molar refractivity (Wildman–Crippen MR) is 145 cm³/mol. The number of halogens is 1. The molecule has 38 heavy (non-hydrogen) atoms. The average molecular weight is 538 g/mol. The van der Waals surface area contributed by atoms with Gasteiger partial charge in [0.15, 0.2) is 23.0 Å². The molecule has 1 aromatic heterocycles. The Balaban J connectivity index is 1.57. The minimum Gasteiger partial charge on any atom is -0.493 e. The van der Waals surface area contributed by atoms with Gasteiger partial charge in [0.25, 0.3) is 5.91 Å². The molecule has 2 N–H and O–H groups in total. The number of ether oxygens (including phenoxy) is 4. The number of nitrogens with one attached hydrogen (secondary N) is 2. The van der Waals surface area contributed by atoms with Gasteiger partial charge >= 0.3 is 0 Å². The molecule has 0 aliphatic heterocycles. The third-order valence-electron chi connectivity index (χ3n) is 5.69. The van der Waals surface area contributed by atoms with Crippen molar-refractivity contribution in [3.8, 4) is 23.0 Å². The molecule has 10 nitrogen and oxygen atoms in total. The Morgan fingerprint density at radius 2 is 1.29 bits per heavy atom. The van der Waals surface area contributed by atoms with Crippen molar-refractivity contribution in [2.45, 2.75) is 13.1 Å². The molecule has 3 aromatic carbocycles. The molecule has 0 unspecified atom stereocenters. The van der Waals surface area contributed by atoms with Crippen LogP contribution in [0.5, 0.6) is 23.0 Å². The van der Waals surface area contributed by atoms with Gasteiger partial charge in [0.1, 0.15) is 0 Å². The zero-order valence-electron chi connectivity index (χ0n) is 21.4. The first-order chi connectivity index (χ1) is 18.4. The van der Waals surface area contributed by atoms with Crippen LogP contribution in [-0.4, -0.2) is 49.1 Å². The van der Waals surface area contributed by atoms with Gasteiger partial charge in [-0.05, 0) is 59.7 Å². The van der Waals surface area contributed by atoms with Crippen LogP contribution >= 0.6 is 11.6 Å². The molecule has 198 valence electrons. The van der Waals surface area contributed by atoms with Crippen molar-refractivity contribution in [1.29, 1.82) is 0 Å². The highest BCUT2D eigenvalue weighted by Gasteiger charge is 2.18. The highest BCUT2D eigenvalue weighted by Crippen LogP contribution is 2.29. The standard InChI is InChI=1S/C27H28ClN5O5/c1-35-21-11-5-17(13-23(21)37-3)15-29-26-31-27(30-16-18-6-12-22(36-2)24(14-18)38-4)33(32-26)25(34)19-7-9-20(28)10-8-19/h5-14H,15-16H2,1-4H3,(H2,29,30,31,32). The second-order valence-corrected chi connectivity index (χ2v) is 8.51. The molecule has 0 aliphatic rings. The number of methoxy groups -OCH3 is 4. The van der Waals surface area contributed by atoms with E-state index in [0.717, 1.165) is 11.1 Å². The first-order valence-corrected chi connectivity index (χ1v) is 12.0. The van der Waals surface area contributed by atoms with Crippen molar-refractivity contribution in [2.75, 3.05) is 39.1 Å². The number of hydrogen-bond acceptors (Lipinski definition) is 9. The van der Waals surface area contributed by atoms with Gasteiger partial charge in [-0.25, -0.2) is 0 Å². The quantitative estimate of drug-likeness (QED) is 0.277. The van der Waals surface area contributed by atoms with E-state index in [1.54, 1.807) is 52.7 Å². The SMILES string of the molecule is COc1ccc(CNc2nc(NCc3ccc(OC)c(OC)c3)n(C(=O)c3ccc(Cl)cc3)n2)cc1OC. The second kappa shape index (κ2) is 12.2. The maximum Gasteiger partial charge on any atom is 0.281 e. The topological polar surface area (TPSA) is 109 Å². The summed E-state index contributed by atoms with van der Waals surface area (Å²) >= 11 is 6.00. The van der Waals surface area contributed by atoms with Crippen LogP contribution in [-0.2, 0) is 13.1 Å². The smallest absolute Gasteiger partial charge is 0.281 e. The summed E-state index contributed by atoms with van der Waals surface area (Å²) in [4.78, 5) is 17.8. The van der Waals surface area contributed by atoms with E-state index in [-0.39, 0.29) is 17.8 Å². The van der Waals surface area contributed by atoms with E-state index in [4.69, 9.17) is 30.5 Å². The normalized spacial score (nSPS) is 10.6. The van der Waals surface area contributed by atoms with Crippen LogP contribution in [0.25, 0.3) is 0 Å². The van der Waals surface area contributed by atoms with Crippen LogP contribution in [0.1, 0.15) is 21.5 Å². The molecule has 0 saturated heterocycles. The number of hydrogen-bond donors (Lipinski definition) is 2. The third-order valence-corrected chi connectivity index (χ3v) is 5.94. The van der Waals surface area contributed by atoms with E-state index < -0.39 is 0 Å². The van der Waals surface area contributed by atoms with E-state index in [1.807, 2.05) is 36.4 Å². The molecule has 0 amide bonds. The Morgan fingerprint density at radius 3 is 1.82 bits per heavy atom. The van der Waals surface area contributed by atoms with Gasteiger partial charge in [-0.3, -0.25) is 4.79 Å². The Morgan fingerprint density at radius 1 is 0.763 bits per heavy atom. The summed E-state index contributed by atoms with van der Waals surface area (Å²) < 4.78 is 22.6. The molecule has 0 spiro atoms. The average Bonchev–Trinajstić information content (AvgIpc) is 3.37. The summed E-state index contributed by atoms with van der Waals surface area (Å²) in [5, 5.41) is 11.3. The number of rotatable bonds is 11. The van der Waals surface area contributed by atoms with Gasteiger partial charge in [0.05, 0.1) is 28.4 Å². The molecule has 0 radical (unpaired) electrons. The maximum atomic E-state index is 13.3. The summed E-state index contributed by atoms with van der Waals surface area (Å²) in [5.41, 5.74) is 2.23. The summed E-state index contributed by atoms with van der Waals surface area (Å²) in [6, 6.07) is 17.7. The second-order valence-electron chi connectivity index (χ2n) is 8.07. The molecule has 0 aliphatic carbocycles. The van der Waals surface area contributed by atoms with Crippen molar-refractivity contribution in [2.24, 2.45) is 0 Å². The highest BCUT2D eigenvalue weighted by molar-refractivity contribution is 6.30. The van der Waals surface area contributed by atoms with Crippen LogP contribution < -0.4 is 29.6 Å². The van der Waals surface area contributed by atoms with Crippen LogP contribution in [0.4, 0.5) is 11.9 Å². The number of carbonyl (C=O) groups is 1. The fourth-order valence-electron chi connectivity index (χ4n) is 3.70. The van der Waals surface area contributed by atoms with Crippen molar-refractivity contribution >= 4 is 29.4 Å². The van der Waals surface area contributed by atoms with Crippen molar-refractivity contribution < 1.29 is 23.7 Å². The number of carbonyl (C=O) groups excluding carboxylic acids is 1. The van der Waals surface area contributed by atoms with Gasteiger partial charge in [0, 0.05) is 23.7 Å². The van der Waals surface area contributed by atoms with Crippen LogP contribution in [0.2, 0.25) is 5.02 Å². The molecule has 4 aromatic rings. The fraction of sp³-hybridized carbons (Fsp3) is 0.222. The fourth-order valence-corrected chi connectivity index (χ4v) is 3.83. The van der Waals surface area contributed by atoms with Gasteiger partial charge in [-0.2, -0.15) is 9.67 Å². The van der Waals surface area contributed by atoms with Gasteiger partial charge in [-0.1, -0.05) is 23.7 Å². The first-order valence-electron chi connectivity index (χ1n) is 11.6. The van der Waals surface area contributed by atoms with Crippen LogP contribution in [0.15, 0.2) is 60.7 Å². The molecule has 1 heterocycles. The van der Waals surface area contributed by atoms with E-state index in [2.05, 4.69) is 20.7 Å². The number of anilines is 2. The zero-order chi connectivity index (χ0) is 27.1. The molecule has 4 rings (SSSR count). The van der Waals surface area contributed by atoms with Gasteiger partial charge in [0.2, 0.25) is 11.9 Å². The van der Waals surface area contributed by atoms with Crippen molar-refractivity contribution in [3.63, 3.8) is 0 Å². The Bertz CT molecular complexity index is 1410. The Labute approximate surface area is 225 Å². The highest BCUT2D eigenvalue weighted by atomic mass is 35.5. The Hall–Kier alpha value is -4.44. The molecular weight excluding hydrogens is 510 g/mol. The van der Waals surface area contributed by atoms with Crippen molar-refractivity contribution in [1.82, 2.24) is 14.8 Å². The lowest BCUT2D eigenvalue weighted by Gasteiger charge is -2.11. The van der Waals surface area contributed by atoms with E-state index >= 15 is 0 Å². The monoisotopic (exact) mass is 537 g/mol. The number of aromatic nitrogens is 3. The lowest BCUT2D eigenvalue weighted by molar-refractivity contribution is 0.0947. The summed E-state index contributed by atoms with van der Waals surface area (Å²) in [6.45, 7) is 0.761. The number of benzene rings is 3. The molecular formula is C27H28ClN5O5. The molecule has 0 bridgehead atoms. The van der Waals surface area contributed by atoms with E-state index in [0.29, 0.717) is 46.7 Å². The first kappa shape index (κ1) is 26.6. The minimum atomic E-state index is -0.358. The molecule has 11 heteroatoms. The predicted octanol–water partition coefficient (Wildman–Crippen LogP) is 4.88. The summed E-state index contributed by atoms with van der Waals surface area (Å²) in [7, 11) is 6.32. The van der Waals surface area contributed by atoms with Crippen molar-refractivity contribution in [3.05, 3.63) is 82.4 Å². The maximum absolute atomic E-state index is 13.3. The summed E-state index contributed by atoms with van der Waals surface area (Å²) in [5.74, 6) is 2.66. The van der Waals surface area contributed by atoms with E-state index in [1.165, 1.54) is 4.68 Å². The van der Waals surface area contributed by atoms with E-state index in [9.17, 15) is 4.79 Å². The largest absolute Gasteiger partial charge is 0.493 e. The number of nitrogens with zero attached hydrogens (tertiary/aromatic N) is 3. The lowest BCUT2D eigenvalue weighted by Crippen LogP contribution is -2.17. The Kier molecular flexibility index (Phi) is 8.55. The molecule has 0 atom stereocenters. The summed E-state index contributed by atoms with van der Waals surface area (Å²) in [6.07, 6.45) is 0. The lowest BCUT2D eigenvalue weighted by atomic mass is 10.2. The minimum absolute atomic E-state index is 0.273.